The van der Waals surface area contributed by atoms with Gasteiger partial charge in [-0.05, 0) is 38.5 Å². The number of carbonyl (C=O) groups is 1. The van der Waals surface area contributed by atoms with Gasteiger partial charge in [-0.25, -0.2) is 0 Å². The van der Waals surface area contributed by atoms with Gasteiger partial charge in [0, 0.05) is 31.8 Å². The van der Waals surface area contributed by atoms with Crippen molar-refractivity contribution in [2.75, 3.05) is 12.4 Å². The lowest BCUT2D eigenvalue weighted by atomic mass is 10.1. The van der Waals surface area contributed by atoms with Crippen molar-refractivity contribution in [3.63, 3.8) is 0 Å². The van der Waals surface area contributed by atoms with Gasteiger partial charge in [0.05, 0.1) is 6.10 Å². The first-order valence-electron chi connectivity index (χ1n) is 6.60. The average Bonchev–Trinajstić information content (AvgIpc) is 2.37. The fraction of sp³-hybridized carbons (Fsp3) is 0.533. The molecule has 0 spiro atoms. The van der Waals surface area contributed by atoms with E-state index in [1.165, 1.54) is 6.92 Å². The van der Waals surface area contributed by atoms with Gasteiger partial charge in [0.25, 0.3) is 0 Å². The van der Waals surface area contributed by atoms with Gasteiger partial charge in [-0.15, -0.1) is 0 Å². The Morgan fingerprint density at radius 2 is 1.95 bits per heavy atom. The molecule has 4 heteroatoms. The Hall–Kier alpha value is -1.39. The van der Waals surface area contributed by atoms with E-state index in [0.717, 1.165) is 11.3 Å². The van der Waals surface area contributed by atoms with Crippen LogP contribution in [0.25, 0.3) is 0 Å². The van der Waals surface area contributed by atoms with Crippen LogP contribution in [0.4, 0.5) is 5.69 Å². The Morgan fingerprint density at radius 1 is 1.26 bits per heavy atom. The van der Waals surface area contributed by atoms with Crippen LogP contribution in [0.5, 0.6) is 0 Å². The SMILES string of the molecule is COC(C)C(C)NC(C)c1cccc(NC(C)=O)c1. The van der Waals surface area contributed by atoms with Crippen molar-refractivity contribution in [2.45, 2.75) is 45.9 Å². The summed E-state index contributed by atoms with van der Waals surface area (Å²) < 4.78 is 5.31. The fourth-order valence-electron chi connectivity index (χ4n) is 1.92. The van der Waals surface area contributed by atoms with Crippen LogP contribution in [-0.2, 0) is 9.53 Å². The molecule has 0 aliphatic carbocycles. The number of hydrogen-bond donors (Lipinski definition) is 2. The number of ether oxygens (including phenoxy) is 1. The zero-order valence-corrected chi connectivity index (χ0v) is 12.4. The molecule has 0 saturated heterocycles. The van der Waals surface area contributed by atoms with Gasteiger partial charge < -0.3 is 15.4 Å². The van der Waals surface area contributed by atoms with E-state index in [1.807, 2.05) is 31.2 Å². The Bertz CT molecular complexity index is 420. The standard InChI is InChI=1S/C15H24N2O2/c1-10(12(3)19-5)16-11(2)14-7-6-8-15(9-14)17-13(4)18/h6-12,16H,1-5H3,(H,17,18). The third-order valence-corrected chi connectivity index (χ3v) is 3.30. The minimum Gasteiger partial charge on any atom is -0.380 e. The molecule has 0 aromatic heterocycles. The maximum atomic E-state index is 11.1. The van der Waals surface area contributed by atoms with Crippen molar-refractivity contribution in [3.8, 4) is 0 Å². The summed E-state index contributed by atoms with van der Waals surface area (Å²) in [6.45, 7) is 7.75. The molecule has 3 atom stereocenters. The van der Waals surface area contributed by atoms with E-state index in [1.54, 1.807) is 7.11 Å². The number of amides is 1. The Kier molecular flexibility index (Phi) is 5.99. The largest absolute Gasteiger partial charge is 0.380 e. The third kappa shape index (κ3) is 5.01. The zero-order valence-electron chi connectivity index (χ0n) is 12.4. The fourth-order valence-corrected chi connectivity index (χ4v) is 1.92. The summed E-state index contributed by atoms with van der Waals surface area (Å²) in [5, 5.41) is 6.29. The normalized spacial score (nSPS) is 15.6. The van der Waals surface area contributed by atoms with Crippen LogP contribution in [0.2, 0.25) is 0 Å². The lowest BCUT2D eigenvalue weighted by Gasteiger charge is -2.24. The molecular formula is C15H24N2O2. The van der Waals surface area contributed by atoms with Crippen molar-refractivity contribution in [1.29, 1.82) is 0 Å². The molecule has 1 aromatic rings. The van der Waals surface area contributed by atoms with Gasteiger partial charge in [0.2, 0.25) is 5.91 Å². The third-order valence-electron chi connectivity index (χ3n) is 3.30. The highest BCUT2D eigenvalue weighted by Gasteiger charge is 2.15. The first-order chi connectivity index (χ1) is 8.93. The van der Waals surface area contributed by atoms with Crippen LogP contribution in [0, 0.1) is 0 Å². The van der Waals surface area contributed by atoms with Crippen molar-refractivity contribution in [2.24, 2.45) is 0 Å². The number of hydrogen-bond acceptors (Lipinski definition) is 3. The molecule has 0 fully saturated rings. The topological polar surface area (TPSA) is 50.4 Å². The number of methoxy groups -OCH3 is 1. The van der Waals surface area contributed by atoms with Crippen LogP contribution in [0.15, 0.2) is 24.3 Å². The molecule has 19 heavy (non-hydrogen) atoms. The smallest absolute Gasteiger partial charge is 0.221 e. The van der Waals surface area contributed by atoms with Crippen molar-refractivity contribution in [1.82, 2.24) is 5.32 Å². The Morgan fingerprint density at radius 3 is 2.53 bits per heavy atom. The first-order valence-corrected chi connectivity index (χ1v) is 6.60. The van der Waals surface area contributed by atoms with Crippen LogP contribution in [0.1, 0.15) is 39.3 Å². The molecule has 1 amide bonds. The molecule has 0 radical (unpaired) electrons. The first kappa shape index (κ1) is 15.7. The van der Waals surface area contributed by atoms with Gasteiger partial charge in [0.1, 0.15) is 0 Å². The van der Waals surface area contributed by atoms with E-state index in [-0.39, 0.29) is 24.1 Å². The number of nitrogens with one attached hydrogen (secondary N) is 2. The summed E-state index contributed by atoms with van der Waals surface area (Å²) in [4.78, 5) is 11.1. The summed E-state index contributed by atoms with van der Waals surface area (Å²) in [7, 11) is 1.71. The lowest BCUT2D eigenvalue weighted by Crippen LogP contribution is -2.38. The number of carbonyl (C=O) groups excluding carboxylic acids is 1. The summed E-state index contributed by atoms with van der Waals surface area (Å²) in [6.07, 6.45) is 0.154. The minimum atomic E-state index is -0.0564. The number of rotatable bonds is 6. The summed E-state index contributed by atoms with van der Waals surface area (Å²) >= 11 is 0. The molecule has 106 valence electrons. The Labute approximate surface area is 115 Å². The highest BCUT2D eigenvalue weighted by molar-refractivity contribution is 5.88. The van der Waals surface area contributed by atoms with Crippen LogP contribution in [0.3, 0.4) is 0 Å². The zero-order chi connectivity index (χ0) is 14.4. The van der Waals surface area contributed by atoms with E-state index in [4.69, 9.17) is 4.74 Å². The van der Waals surface area contributed by atoms with Crippen molar-refractivity contribution < 1.29 is 9.53 Å². The highest BCUT2D eigenvalue weighted by atomic mass is 16.5. The van der Waals surface area contributed by atoms with E-state index in [2.05, 4.69) is 24.5 Å². The van der Waals surface area contributed by atoms with E-state index in [0.29, 0.717) is 0 Å². The summed E-state index contributed by atoms with van der Waals surface area (Å²) in [5.74, 6) is -0.0564. The van der Waals surface area contributed by atoms with Crippen molar-refractivity contribution in [3.05, 3.63) is 29.8 Å². The molecule has 0 aliphatic heterocycles. The minimum absolute atomic E-state index is 0.0564. The van der Waals surface area contributed by atoms with Gasteiger partial charge in [-0.2, -0.15) is 0 Å². The van der Waals surface area contributed by atoms with Gasteiger partial charge in [-0.1, -0.05) is 12.1 Å². The maximum absolute atomic E-state index is 11.1. The van der Waals surface area contributed by atoms with E-state index < -0.39 is 0 Å². The van der Waals surface area contributed by atoms with Gasteiger partial charge >= 0.3 is 0 Å². The molecule has 0 saturated carbocycles. The highest BCUT2D eigenvalue weighted by Crippen LogP contribution is 2.18. The van der Waals surface area contributed by atoms with E-state index >= 15 is 0 Å². The average molecular weight is 264 g/mol. The van der Waals surface area contributed by atoms with E-state index in [9.17, 15) is 4.79 Å². The van der Waals surface area contributed by atoms with Crippen LogP contribution >= 0.6 is 0 Å². The summed E-state index contributed by atoms with van der Waals surface area (Å²) in [6, 6.07) is 8.32. The monoisotopic (exact) mass is 264 g/mol. The maximum Gasteiger partial charge on any atom is 0.221 e. The molecule has 1 rings (SSSR count). The second-order valence-corrected chi connectivity index (χ2v) is 4.92. The quantitative estimate of drug-likeness (QED) is 0.830. The van der Waals surface area contributed by atoms with Gasteiger partial charge in [0.15, 0.2) is 0 Å². The molecule has 3 unspecified atom stereocenters. The second-order valence-electron chi connectivity index (χ2n) is 4.92. The second kappa shape index (κ2) is 7.26. The number of benzene rings is 1. The predicted molar refractivity (Wildman–Crippen MR) is 78.2 cm³/mol. The molecule has 1 aromatic carbocycles. The molecular weight excluding hydrogens is 240 g/mol. The number of anilines is 1. The van der Waals surface area contributed by atoms with Crippen LogP contribution in [-0.4, -0.2) is 25.2 Å². The molecule has 0 bridgehead atoms. The van der Waals surface area contributed by atoms with Crippen molar-refractivity contribution >= 4 is 11.6 Å². The van der Waals surface area contributed by atoms with Gasteiger partial charge in [-0.3, -0.25) is 4.79 Å². The molecule has 2 N–H and O–H groups in total. The molecule has 4 nitrogen and oxygen atoms in total. The van der Waals surface area contributed by atoms with Crippen LogP contribution < -0.4 is 10.6 Å². The molecule has 0 heterocycles. The molecule has 0 aliphatic rings. The predicted octanol–water partition coefficient (Wildman–Crippen LogP) is 2.72. The summed E-state index contributed by atoms with van der Waals surface area (Å²) in [5.41, 5.74) is 1.97. The lowest BCUT2D eigenvalue weighted by molar-refractivity contribution is -0.114. The Balaban J connectivity index is 2.71.